The molecule has 22 heavy (non-hydrogen) atoms. The lowest BCUT2D eigenvalue weighted by Crippen LogP contribution is -2.06. The SMILES string of the molecule is O=c1c2c(O)cccc2oc2cc(OCC3CO3)cc(O)c12. The number of aromatic hydroxyl groups is 2. The topological polar surface area (TPSA) is 92.4 Å². The van der Waals surface area contributed by atoms with Gasteiger partial charge >= 0.3 is 0 Å². The van der Waals surface area contributed by atoms with Crippen molar-refractivity contribution in [2.45, 2.75) is 6.10 Å². The van der Waals surface area contributed by atoms with Crippen molar-refractivity contribution in [3.05, 3.63) is 40.6 Å². The fraction of sp³-hybridized carbons (Fsp3) is 0.188. The van der Waals surface area contributed by atoms with Crippen LogP contribution >= 0.6 is 0 Å². The van der Waals surface area contributed by atoms with E-state index in [2.05, 4.69) is 0 Å². The molecule has 1 unspecified atom stereocenters. The molecule has 0 amide bonds. The van der Waals surface area contributed by atoms with Crippen molar-refractivity contribution in [1.82, 2.24) is 0 Å². The quantitative estimate of drug-likeness (QED) is 0.568. The van der Waals surface area contributed by atoms with E-state index in [0.717, 1.165) is 0 Å². The summed E-state index contributed by atoms with van der Waals surface area (Å²) in [4.78, 5) is 12.5. The van der Waals surface area contributed by atoms with Crippen LogP contribution in [0.4, 0.5) is 0 Å². The summed E-state index contributed by atoms with van der Waals surface area (Å²) in [6.45, 7) is 1.04. The first-order valence-corrected chi connectivity index (χ1v) is 6.79. The van der Waals surface area contributed by atoms with Crippen LogP contribution in [0, 0.1) is 0 Å². The Bertz CT molecular complexity index is 939. The second kappa shape index (κ2) is 4.64. The van der Waals surface area contributed by atoms with Gasteiger partial charge in [0.2, 0.25) is 5.43 Å². The Labute approximate surface area is 124 Å². The lowest BCUT2D eigenvalue weighted by molar-refractivity contribution is 0.262. The van der Waals surface area contributed by atoms with Gasteiger partial charge in [-0.1, -0.05) is 6.07 Å². The maximum Gasteiger partial charge on any atom is 0.208 e. The summed E-state index contributed by atoms with van der Waals surface area (Å²) >= 11 is 0. The minimum absolute atomic E-state index is 0.0176. The number of rotatable bonds is 3. The van der Waals surface area contributed by atoms with E-state index in [4.69, 9.17) is 13.9 Å². The van der Waals surface area contributed by atoms with Gasteiger partial charge in [0.15, 0.2) is 0 Å². The van der Waals surface area contributed by atoms with E-state index in [1.807, 2.05) is 0 Å². The molecule has 1 fully saturated rings. The van der Waals surface area contributed by atoms with Gasteiger partial charge in [-0.15, -0.1) is 0 Å². The fourth-order valence-corrected chi connectivity index (χ4v) is 2.40. The lowest BCUT2D eigenvalue weighted by atomic mass is 10.1. The van der Waals surface area contributed by atoms with E-state index in [-0.39, 0.29) is 39.5 Å². The molecule has 0 saturated carbocycles. The number of phenolic OH excluding ortho intramolecular Hbond substituents is 2. The zero-order valence-electron chi connectivity index (χ0n) is 11.4. The number of fused-ring (bicyclic) bond motifs is 2. The zero-order valence-corrected chi connectivity index (χ0v) is 11.4. The van der Waals surface area contributed by atoms with Crippen LogP contribution < -0.4 is 10.2 Å². The molecule has 4 rings (SSSR count). The second-order valence-electron chi connectivity index (χ2n) is 5.16. The monoisotopic (exact) mass is 300 g/mol. The third-order valence-electron chi connectivity index (χ3n) is 3.57. The molecule has 0 spiro atoms. The molecule has 1 aliphatic rings. The Kier molecular flexibility index (Phi) is 2.74. The third-order valence-corrected chi connectivity index (χ3v) is 3.57. The average Bonchev–Trinajstić information content (AvgIpc) is 3.28. The summed E-state index contributed by atoms with van der Waals surface area (Å²) in [6, 6.07) is 7.46. The van der Waals surface area contributed by atoms with Gasteiger partial charge in [0.1, 0.15) is 51.9 Å². The molecule has 6 nitrogen and oxygen atoms in total. The number of hydrogen-bond acceptors (Lipinski definition) is 6. The van der Waals surface area contributed by atoms with Crippen LogP contribution in [0.15, 0.2) is 39.5 Å². The van der Waals surface area contributed by atoms with Crippen LogP contribution in [0.2, 0.25) is 0 Å². The van der Waals surface area contributed by atoms with Crippen molar-refractivity contribution in [3.8, 4) is 17.2 Å². The molecule has 2 heterocycles. The molecular formula is C16H12O6. The van der Waals surface area contributed by atoms with Gasteiger partial charge in [0.25, 0.3) is 0 Å². The highest BCUT2D eigenvalue weighted by molar-refractivity contribution is 5.96. The van der Waals surface area contributed by atoms with Crippen molar-refractivity contribution in [1.29, 1.82) is 0 Å². The highest BCUT2D eigenvalue weighted by Gasteiger charge is 2.23. The fourth-order valence-electron chi connectivity index (χ4n) is 2.40. The molecule has 1 atom stereocenters. The van der Waals surface area contributed by atoms with E-state index in [9.17, 15) is 15.0 Å². The van der Waals surface area contributed by atoms with Gasteiger partial charge in [-0.2, -0.15) is 0 Å². The molecular weight excluding hydrogens is 288 g/mol. The Morgan fingerprint density at radius 2 is 1.91 bits per heavy atom. The van der Waals surface area contributed by atoms with Gasteiger partial charge in [0.05, 0.1) is 6.61 Å². The first-order chi connectivity index (χ1) is 10.6. The maximum absolute atomic E-state index is 12.5. The predicted octanol–water partition coefficient (Wildman–Crippen LogP) is 2.14. The van der Waals surface area contributed by atoms with Crippen molar-refractivity contribution < 1.29 is 24.1 Å². The van der Waals surface area contributed by atoms with E-state index in [0.29, 0.717) is 19.0 Å². The van der Waals surface area contributed by atoms with E-state index >= 15 is 0 Å². The number of hydrogen-bond donors (Lipinski definition) is 2. The normalized spacial score (nSPS) is 17.0. The maximum atomic E-state index is 12.5. The Balaban J connectivity index is 1.93. The molecule has 0 aliphatic carbocycles. The second-order valence-corrected chi connectivity index (χ2v) is 5.16. The lowest BCUT2D eigenvalue weighted by Gasteiger charge is -2.08. The van der Waals surface area contributed by atoms with Crippen molar-refractivity contribution in [3.63, 3.8) is 0 Å². The molecule has 3 aromatic rings. The Morgan fingerprint density at radius 1 is 1.14 bits per heavy atom. The van der Waals surface area contributed by atoms with Crippen LogP contribution in [0.1, 0.15) is 0 Å². The Hall–Kier alpha value is -2.73. The van der Waals surface area contributed by atoms with E-state index in [1.165, 1.54) is 12.1 Å². The number of epoxide rings is 1. The Morgan fingerprint density at radius 3 is 2.68 bits per heavy atom. The largest absolute Gasteiger partial charge is 0.507 e. The summed E-state index contributed by atoms with van der Waals surface area (Å²) < 4.78 is 16.2. The smallest absolute Gasteiger partial charge is 0.208 e. The van der Waals surface area contributed by atoms with Gasteiger partial charge in [-0.05, 0) is 12.1 Å². The van der Waals surface area contributed by atoms with Crippen LogP contribution in [-0.4, -0.2) is 29.5 Å². The van der Waals surface area contributed by atoms with Crippen LogP contribution in [0.5, 0.6) is 17.2 Å². The van der Waals surface area contributed by atoms with Gasteiger partial charge in [-0.3, -0.25) is 4.79 Å². The van der Waals surface area contributed by atoms with Crippen LogP contribution in [0.25, 0.3) is 21.9 Å². The van der Waals surface area contributed by atoms with Crippen molar-refractivity contribution in [2.75, 3.05) is 13.2 Å². The standard InChI is InChI=1S/C16H12O6/c17-10-2-1-3-12-14(10)16(19)15-11(18)4-8(5-13(15)22-12)20-6-9-7-21-9/h1-5,9,17-18H,6-7H2. The number of phenols is 2. The predicted molar refractivity (Wildman–Crippen MR) is 78.6 cm³/mol. The molecule has 1 aromatic heterocycles. The van der Waals surface area contributed by atoms with Gasteiger partial charge < -0.3 is 24.1 Å². The van der Waals surface area contributed by atoms with Crippen LogP contribution in [-0.2, 0) is 4.74 Å². The molecule has 1 aliphatic heterocycles. The molecule has 112 valence electrons. The average molecular weight is 300 g/mol. The van der Waals surface area contributed by atoms with Crippen molar-refractivity contribution >= 4 is 21.9 Å². The summed E-state index contributed by atoms with van der Waals surface area (Å²) in [5.41, 5.74) is -0.0293. The van der Waals surface area contributed by atoms with E-state index in [1.54, 1.807) is 18.2 Å². The highest BCUT2D eigenvalue weighted by atomic mass is 16.6. The minimum Gasteiger partial charge on any atom is -0.507 e. The number of ether oxygens (including phenoxy) is 2. The molecule has 2 N–H and O–H groups in total. The summed E-state index contributed by atoms with van der Waals surface area (Å²) in [5.74, 6) is -0.0370. The summed E-state index contributed by atoms with van der Waals surface area (Å²) in [5, 5.41) is 20.0. The first kappa shape index (κ1) is 13.0. The minimum atomic E-state index is -0.482. The first-order valence-electron chi connectivity index (χ1n) is 6.79. The highest BCUT2D eigenvalue weighted by Crippen LogP contribution is 2.32. The van der Waals surface area contributed by atoms with Gasteiger partial charge in [-0.25, -0.2) is 0 Å². The molecule has 2 aromatic carbocycles. The summed E-state index contributed by atoms with van der Waals surface area (Å²) in [7, 11) is 0. The molecule has 6 heteroatoms. The van der Waals surface area contributed by atoms with Crippen LogP contribution in [0.3, 0.4) is 0 Å². The van der Waals surface area contributed by atoms with Crippen molar-refractivity contribution in [2.24, 2.45) is 0 Å². The molecule has 1 saturated heterocycles. The number of benzene rings is 2. The zero-order chi connectivity index (χ0) is 15.3. The third kappa shape index (κ3) is 2.05. The van der Waals surface area contributed by atoms with Gasteiger partial charge in [0, 0.05) is 12.1 Å². The molecule has 0 bridgehead atoms. The van der Waals surface area contributed by atoms with E-state index < -0.39 is 5.43 Å². The summed E-state index contributed by atoms with van der Waals surface area (Å²) in [6.07, 6.45) is 0.0819. The molecule has 0 radical (unpaired) electrons.